The third-order valence-electron chi connectivity index (χ3n) is 6.20. The van der Waals surface area contributed by atoms with E-state index < -0.39 is 6.10 Å². The number of β-amino-alcohol motifs (C(OH)–C–C–N with tert-alkyl or cyclic N) is 1. The Labute approximate surface area is 188 Å². The van der Waals surface area contributed by atoms with Crippen LogP contribution in [-0.4, -0.2) is 72.0 Å². The second-order valence-corrected chi connectivity index (χ2v) is 8.33. The molecule has 0 spiro atoms. The van der Waals surface area contributed by atoms with Gasteiger partial charge in [0, 0.05) is 43.7 Å². The van der Waals surface area contributed by atoms with Gasteiger partial charge in [0.1, 0.15) is 24.3 Å². The van der Waals surface area contributed by atoms with E-state index in [1.54, 1.807) is 12.1 Å². The molecule has 1 aliphatic rings. The third kappa shape index (κ3) is 5.10. The zero-order valence-electron chi connectivity index (χ0n) is 18.5. The van der Waals surface area contributed by atoms with Crippen molar-refractivity contribution in [1.29, 1.82) is 0 Å². The van der Waals surface area contributed by atoms with Crippen LogP contribution >= 0.6 is 0 Å². The lowest BCUT2D eigenvalue weighted by molar-refractivity contribution is 0.0474. The van der Waals surface area contributed by atoms with Gasteiger partial charge in [-0.1, -0.05) is 37.3 Å². The van der Waals surface area contributed by atoms with Crippen LogP contribution in [0.25, 0.3) is 21.9 Å². The fourth-order valence-corrected chi connectivity index (χ4v) is 4.33. The summed E-state index contributed by atoms with van der Waals surface area (Å²) in [5.74, 6) is 0.331. The molecule has 0 aromatic heterocycles. The first-order valence-electron chi connectivity index (χ1n) is 11.3. The van der Waals surface area contributed by atoms with Gasteiger partial charge < -0.3 is 19.8 Å². The Bertz CT molecular complexity index is 1050. The van der Waals surface area contributed by atoms with Crippen LogP contribution in [0.4, 0.5) is 4.39 Å². The van der Waals surface area contributed by atoms with Crippen molar-refractivity contribution in [3.63, 3.8) is 0 Å². The van der Waals surface area contributed by atoms with Crippen molar-refractivity contribution in [2.75, 3.05) is 45.9 Å². The second kappa shape index (κ2) is 10.4. The minimum absolute atomic E-state index is 0.141. The van der Waals surface area contributed by atoms with Crippen molar-refractivity contribution in [2.24, 2.45) is 0 Å². The van der Waals surface area contributed by atoms with Gasteiger partial charge in [-0.2, -0.15) is 0 Å². The molecule has 32 heavy (non-hydrogen) atoms. The van der Waals surface area contributed by atoms with Crippen LogP contribution in [0.15, 0.2) is 54.6 Å². The maximum absolute atomic E-state index is 14.6. The summed E-state index contributed by atoms with van der Waals surface area (Å²) in [6.45, 7) is 7.87. The van der Waals surface area contributed by atoms with E-state index in [2.05, 4.69) is 16.7 Å². The zero-order chi connectivity index (χ0) is 22.5. The number of likely N-dealkylation sites (N-methyl/N-ethyl adjacent to an activating group) is 1. The number of ether oxygens (including phenoxy) is 1. The van der Waals surface area contributed by atoms with Crippen LogP contribution in [-0.2, 0) is 6.61 Å². The van der Waals surface area contributed by atoms with Gasteiger partial charge in [-0.3, -0.25) is 4.90 Å². The first-order chi connectivity index (χ1) is 15.6. The fraction of sp³-hybridized carbons (Fsp3) is 0.385. The molecule has 0 amide bonds. The molecule has 0 bridgehead atoms. The van der Waals surface area contributed by atoms with E-state index in [1.807, 2.05) is 36.4 Å². The predicted molar refractivity (Wildman–Crippen MR) is 125 cm³/mol. The molecule has 1 atom stereocenters. The molecule has 0 radical (unpaired) electrons. The van der Waals surface area contributed by atoms with Crippen molar-refractivity contribution in [3.05, 3.63) is 66.0 Å². The first kappa shape index (κ1) is 22.7. The maximum atomic E-state index is 14.6. The Hall–Kier alpha value is -2.51. The molecule has 1 saturated heterocycles. The summed E-state index contributed by atoms with van der Waals surface area (Å²) in [4.78, 5) is 4.68. The number of benzene rings is 3. The molecule has 4 rings (SSSR count). The fourth-order valence-electron chi connectivity index (χ4n) is 4.33. The van der Waals surface area contributed by atoms with Crippen molar-refractivity contribution >= 4 is 10.8 Å². The highest BCUT2D eigenvalue weighted by atomic mass is 19.1. The smallest absolute Gasteiger partial charge is 0.131 e. The van der Waals surface area contributed by atoms with Crippen LogP contribution in [0.3, 0.4) is 0 Å². The number of hydrogen-bond acceptors (Lipinski definition) is 5. The minimum Gasteiger partial charge on any atom is -0.490 e. The number of aliphatic hydroxyl groups excluding tert-OH is 2. The molecule has 3 aromatic carbocycles. The summed E-state index contributed by atoms with van der Waals surface area (Å²) in [5, 5.41) is 21.7. The van der Waals surface area contributed by atoms with Gasteiger partial charge in [-0.05, 0) is 47.3 Å². The van der Waals surface area contributed by atoms with Crippen LogP contribution < -0.4 is 4.74 Å². The Morgan fingerprint density at radius 1 is 0.938 bits per heavy atom. The number of piperazine rings is 1. The van der Waals surface area contributed by atoms with E-state index in [-0.39, 0.29) is 19.0 Å². The molecule has 0 aliphatic carbocycles. The SMILES string of the molecule is CCN1CCN(CC(O)COc2ccc(-c3cc(CO)ccc3F)c3ccccc23)CC1. The first-order valence-corrected chi connectivity index (χ1v) is 11.3. The summed E-state index contributed by atoms with van der Waals surface area (Å²) >= 11 is 0. The van der Waals surface area contributed by atoms with Crippen LogP contribution in [0.5, 0.6) is 5.75 Å². The van der Waals surface area contributed by atoms with Gasteiger partial charge in [-0.15, -0.1) is 0 Å². The zero-order valence-corrected chi connectivity index (χ0v) is 18.5. The minimum atomic E-state index is -0.583. The third-order valence-corrected chi connectivity index (χ3v) is 6.20. The number of aliphatic hydroxyl groups is 2. The Morgan fingerprint density at radius 3 is 2.38 bits per heavy atom. The molecule has 1 fully saturated rings. The van der Waals surface area contributed by atoms with Gasteiger partial charge in [0.2, 0.25) is 0 Å². The number of halogens is 1. The molecule has 6 heteroatoms. The lowest BCUT2D eigenvalue weighted by Crippen LogP contribution is -2.49. The number of fused-ring (bicyclic) bond motifs is 1. The van der Waals surface area contributed by atoms with Gasteiger partial charge >= 0.3 is 0 Å². The van der Waals surface area contributed by atoms with E-state index in [9.17, 15) is 14.6 Å². The summed E-state index contributed by atoms with van der Waals surface area (Å²) in [7, 11) is 0. The van der Waals surface area contributed by atoms with Crippen LogP contribution in [0.2, 0.25) is 0 Å². The second-order valence-electron chi connectivity index (χ2n) is 8.33. The van der Waals surface area contributed by atoms with Gasteiger partial charge in [0.25, 0.3) is 0 Å². The summed E-state index contributed by atoms with van der Waals surface area (Å²) in [6.07, 6.45) is -0.583. The topological polar surface area (TPSA) is 56.2 Å². The molecule has 1 unspecified atom stereocenters. The van der Waals surface area contributed by atoms with E-state index in [4.69, 9.17) is 4.74 Å². The molecule has 2 N–H and O–H groups in total. The molecule has 170 valence electrons. The molecule has 3 aromatic rings. The van der Waals surface area contributed by atoms with E-state index >= 15 is 0 Å². The molecular weight excluding hydrogens is 407 g/mol. The largest absolute Gasteiger partial charge is 0.490 e. The van der Waals surface area contributed by atoms with E-state index in [0.717, 1.165) is 49.1 Å². The van der Waals surface area contributed by atoms with E-state index in [0.29, 0.717) is 23.4 Å². The van der Waals surface area contributed by atoms with Crippen molar-refractivity contribution in [1.82, 2.24) is 9.80 Å². The Kier molecular flexibility index (Phi) is 7.37. The quantitative estimate of drug-likeness (QED) is 0.564. The number of nitrogens with zero attached hydrogens (tertiary/aromatic N) is 2. The maximum Gasteiger partial charge on any atom is 0.131 e. The highest BCUT2D eigenvalue weighted by Gasteiger charge is 2.19. The van der Waals surface area contributed by atoms with Crippen molar-refractivity contribution in [3.8, 4) is 16.9 Å². The number of hydrogen-bond donors (Lipinski definition) is 2. The van der Waals surface area contributed by atoms with Gasteiger partial charge in [0.15, 0.2) is 0 Å². The van der Waals surface area contributed by atoms with Crippen molar-refractivity contribution < 1.29 is 19.3 Å². The van der Waals surface area contributed by atoms with Crippen LogP contribution in [0.1, 0.15) is 12.5 Å². The highest BCUT2D eigenvalue weighted by Crippen LogP contribution is 2.36. The molecule has 1 aliphatic heterocycles. The lowest BCUT2D eigenvalue weighted by atomic mass is 9.96. The summed E-state index contributed by atoms with van der Waals surface area (Å²) in [6, 6.07) is 16.0. The van der Waals surface area contributed by atoms with Gasteiger partial charge in [0.05, 0.1) is 6.61 Å². The molecular formula is C26H31FN2O3. The molecule has 5 nitrogen and oxygen atoms in total. The molecule has 0 saturated carbocycles. The monoisotopic (exact) mass is 438 g/mol. The summed E-state index contributed by atoms with van der Waals surface area (Å²) < 4.78 is 20.6. The Morgan fingerprint density at radius 2 is 1.66 bits per heavy atom. The lowest BCUT2D eigenvalue weighted by Gasteiger charge is -2.34. The standard InChI is InChI=1S/C26H31FN2O3/c1-2-28-11-13-29(14-12-28)16-20(31)18-32-26-10-8-22(21-5-3-4-6-23(21)26)24-15-19(17-30)7-9-25(24)27/h3-10,15,20,30-31H,2,11-14,16-18H2,1H3. The molecule has 1 heterocycles. The van der Waals surface area contributed by atoms with Gasteiger partial charge in [-0.25, -0.2) is 4.39 Å². The van der Waals surface area contributed by atoms with E-state index in [1.165, 1.54) is 6.07 Å². The highest BCUT2D eigenvalue weighted by molar-refractivity contribution is 6.00. The average Bonchev–Trinajstić information content (AvgIpc) is 2.83. The normalized spacial score (nSPS) is 16.4. The number of rotatable bonds is 8. The van der Waals surface area contributed by atoms with Crippen molar-refractivity contribution in [2.45, 2.75) is 19.6 Å². The van der Waals surface area contributed by atoms with Crippen LogP contribution in [0, 0.1) is 5.82 Å². The average molecular weight is 439 g/mol. The summed E-state index contributed by atoms with van der Waals surface area (Å²) in [5.41, 5.74) is 1.86. The Balaban J connectivity index is 1.50. The predicted octanol–water partition coefficient (Wildman–Crippen LogP) is 3.52.